The highest BCUT2D eigenvalue weighted by Gasteiger charge is 2.21. The van der Waals surface area contributed by atoms with Crippen LogP contribution in [-0.4, -0.2) is 49.6 Å². The minimum absolute atomic E-state index is 0.0818. The first-order valence-corrected chi connectivity index (χ1v) is 6.72. The first kappa shape index (κ1) is 14.5. The van der Waals surface area contributed by atoms with Crippen LogP contribution in [0.15, 0.2) is 0 Å². The SMILES string of the molecule is CC(C)C(=O)NCCNC1CCN(C)C(C)C1. The Kier molecular flexibility index (Phi) is 5.92. The largest absolute Gasteiger partial charge is 0.355 e. The second kappa shape index (κ2) is 6.97. The zero-order valence-corrected chi connectivity index (χ0v) is 11.6. The smallest absolute Gasteiger partial charge is 0.222 e. The molecule has 100 valence electrons. The van der Waals surface area contributed by atoms with Crippen molar-refractivity contribution in [3.05, 3.63) is 0 Å². The van der Waals surface area contributed by atoms with Gasteiger partial charge in [0.2, 0.25) is 5.91 Å². The lowest BCUT2D eigenvalue weighted by molar-refractivity contribution is -0.123. The van der Waals surface area contributed by atoms with E-state index in [0.717, 1.165) is 19.6 Å². The molecule has 1 saturated heterocycles. The van der Waals surface area contributed by atoms with Gasteiger partial charge in [0.15, 0.2) is 0 Å². The van der Waals surface area contributed by atoms with Gasteiger partial charge in [0, 0.05) is 31.1 Å². The molecule has 0 aromatic heterocycles. The fourth-order valence-corrected chi connectivity index (χ4v) is 2.14. The molecule has 17 heavy (non-hydrogen) atoms. The summed E-state index contributed by atoms with van der Waals surface area (Å²) in [4.78, 5) is 13.7. The van der Waals surface area contributed by atoms with E-state index in [1.165, 1.54) is 12.8 Å². The van der Waals surface area contributed by atoms with E-state index in [2.05, 4.69) is 29.5 Å². The molecular formula is C13H27N3O. The first-order chi connectivity index (χ1) is 8.00. The van der Waals surface area contributed by atoms with E-state index in [4.69, 9.17) is 0 Å². The highest BCUT2D eigenvalue weighted by Crippen LogP contribution is 2.14. The van der Waals surface area contributed by atoms with E-state index in [9.17, 15) is 4.79 Å². The molecule has 4 nitrogen and oxygen atoms in total. The molecule has 0 radical (unpaired) electrons. The van der Waals surface area contributed by atoms with Crippen molar-refractivity contribution in [3.8, 4) is 0 Å². The van der Waals surface area contributed by atoms with Gasteiger partial charge in [-0.15, -0.1) is 0 Å². The average Bonchev–Trinajstić information content (AvgIpc) is 2.28. The second-order valence-corrected chi connectivity index (χ2v) is 5.45. The van der Waals surface area contributed by atoms with E-state index in [-0.39, 0.29) is 11.8 Å². The highest BCUT2D eigenvalue weighted by molar-refractivity contribution is 5.77. The van der Waals surface area contributed by atoms with Crippen molar-refractivity contribution >= 4 is 5.91 Å². The summed E-state index contributed by atoms with van der Waals surface area (Å²) >= 11 is 0. The first-order valence-electron chi connectivity index (χ1n) is 6.72. The maximum Gasteiger partial charge on any atom is 0.222 e. The lowest BCUT2D eigenvalue weighted by atomic mass is 9.99. The third kappa shape index (κ3) is 5.04. The normalized spacial score (nSPS) is 26.2. The molecule has 1 aliphatic rings. The number of hydrogen-bond donors (Lipinski definition) is 2. The summed E-state index contributed by atoms with van der Waals surface area (Å²) in [6.07, 6.45) is 2.41. The summed E-state index contributed by atoms with van der Waals surface area (Å²) in [5.74, 6) is 0.224. The molecule has 1 rings (SSSR count). The van der Waals surface area contributed by atoms with Crippen LogP contribution in [0.2, 0.25) is 0 Å². The van der Waals surface area contributed by atoms with Crippen molar-refractivity contribution < 1.29 is 4.79 Å². The fraction of sp³-hybridized carbons (Fsp3) is 0.923. The van der Waals surface area contributed by atoms with E-state index in [0.29, 0.717) is 12.1 Å². The van der Waals surface area contributed by atoms with Crippen LogP contribution < -0.4 is 10.6 Å². The molecule has 0 aromatic carbocycles. The Bertz CT molecular complexity index is 243. The molecular weight excluding hydrogens is 214 g/mol. The van der Waals surface area contributed by atoms with Gasteiger partial charge in [-0.1, -0.05) is 13.8 Å². The Balaban J connectivity index is 2.09. The minimum Gasteiger partial charge on any atom is -0.355 e. The molecule has 1 heterocycles. The van der Waals surface area contributed by atoms with Gasteiger partial charge in [0.25, 0.3) is 0 Å². The Morgan fingerprint density at radius 1 is 1.41 bits per heavy atom. The fourth-order valence-electron chi connectivity index (χ4n) is 2.14. The number of carbonyl (C=O) groups is 1. The zero-order valence-electron chi connectivity index (χ0n) is 11.6. The van der Waals surface area contributed by atoms with Gasteiger partial charge in [-0.05, 0) is 33.4 Å². The molecule has 0 spiro atoms. The van der Waals surface area contributed by atoms with Crippen molar-refractivity contribution in [2.24, 2.45) is 5.92 Å². The van der Waals surface area contributed by atoms with E-state index in [1.807, 2.05) is 13.8 Å². The second-order valence-electron chi connectivity index (χ2n) is 5.45. The van der Waals surface area contributed by atoms with Crippen LogP contribution in [0.4, 0.5) is 0 Å². The molecule has 0 aromatic rings. The molecule has 1 aliphatic heterocycles. The number of carbonyl (C=O) groups excluding carboxylic acids is 1. The Hall–Kier alpha value is -0.610. The average molecular weight is 241 g/mol. The number of likely N-dealkylation sites (tertiary alicyclic amines) is 1. The van der Waals surface area contributed by atoms with Crippen LogP contribution >= 0.6 is 0 Å². The number of piperidine rings is 1. The topological polar surface area (TPSA) is 44.4 Å². The van der Waals surface area contributed by atoms with Gasteiger partial charge < -0.3 is 15.5 Å². The lowest BCUT2D eigenvalue weighted by Gasteiger charge is -2.35. The molecule has 4 heteroatoms. The minimum atomic E-state index is 0.0818. The van der Waals surface area contributed by atoms with E-state index >= 15 is 0 Å². The monoisotopic (exact) mass is 241 g/mol. The molecule has 0 aliphatic carbocycles. The molecule has 2 N–H and O–H groups in total. The molecule has 2 unspecified atom stereocenters. The quantitative estimate of drug-likeness (QED) is 0.701. The summed E-state index contributed by atoms with van der Waals surface area (Å²) in [6.45, 7) is 8.88. The summed E-state index contributed by atoms with van der Waals surface area (Å²) < 4.78 is 0. The lowest BCUT2D eigenvalue weighted by Crippen LogP contribution is -2.47. The summed E-state index contributed by atoms with van der Waals surface area (Å²) in [5, 5.41) is 6.46. The van der Waals surface area contributed by atoms with Gasteiger partial charge >= 0.3 is 0 Å². The van der Waals surface area contributed by atoms with Crippen LogP contribution in [0.3, 0.4) is 0 Å². The molecule has 0 bridgehead atoms. The third-order valence-electron chi connectivity index (χ3n) is 3.59. The Labute approximate surface area is 105 Å². The Morgan fingerprint density at radius 2 is 2.12 bits per heavy atom. The zero-order chi connectivity index (χ0) is 12.8. The maximum atomic E-state index is 11.3. The van der Waals surface area contributed by atoms with Crippen LogP contribution in [0.25, 0.3) is 0 Å². The summed E-state index contributed by atoms with van der Waals surface area (Å²) in [5.41, 5.74) is 0. The van der Waals surface area contributed by atoms with Gasteiger partial charge in [-0.2, -0.15) is 0 Å². The maximum absolute atomic E-state index is 11.3. The van der Waals surface area contributed by atoms with Crippen molar-refractivity contribution in [1.29, 1.82) is 0 Å². The van der Waals surface area contributed by atoms with E-state index < -0.39 is 0 Å². The Morgan fingerprint density at radius 3 is 2.71 bits per heavy atom. The van der Waals surface area contributed by atoms with Crippen LogP contribution in [0.5, 0.6) is 0 Å². The van der Waals surface area contributed by atoms with Gasteiger partial charge in [0.1, 0.15) is 0 Å². The standard InChI is InChI=1S/C13H27N3O/c1-10(2)13(17)15-7-6-14-12-5-8-16(4)11(3)9-12/h10-12,14H,5-9H2,1-4H3,(H,15,17). The van der Waals surface area contributed by atoms with Gasteiger partial charge in [0.05, 0.1) is 0 Å². The summed E-state index contributed by atoms with van der Waals surface area (Å²) in [7, 11) is 2.18. The molecule has 0 saturated carbocycles. The third-order valence-corrected chi connectivity index (χ3v) is 3.59. The van der Waals surface area contributed by atoms with Crippen LogP contribution in [0.1, 0.15) is 33.6 Å². The van der Waals surface area contributed by atoms with Crippen molar-refractivity contribution in [2.45, 2.75) is 45.7 Å². The predicted molar refractivity (Wildman–Crippen MR) is 71.0 cm³/mol. The molecule has 1 amide bonds. The highest BCUT2D eigenvalue weighted by atomic mass is 16.1. The summed E-state index contributed by atoms with van der Waals surface area (Å²) in [6, 6.07) is 1.27. The molecule has 1 fully saturated rings. The van der Waals surface area contributed by atoms with Crippen molar-refractivity contribution in [2.75, 3.05) is 26.7 Å². The van der Waals surface area contributed by atoms with Gasteiger partial charge in [-0.25, -0.2) is 0 Å². The van der Waals surface area contributed by atoms with Crippen LogP contribution in [-0.2, 0) is 4.79 Å². The number of nitrogens with zero attached hydrogens (tertiary/aromatic N) is 1. The number of rotatable bonds is 5. The number of amides is 1. The predicted octanol–water partition coefficient (Wildman–Crippen LogP) is 0.831. The van der Waals surface area contributed by atoms with Gasteiger partial charge in [-0.3, -0.25) is 4.79 Å². The number of hydrogen-bond acceptors (Lipinski definition) is 3. The number of nitrogens with one attached hydrogen (secondary N) is 2. The van der Waals surface area contributed by atoms with Crippen LogP contribution in [0, 0.1) is 5.92 Å². The molecule has 2 atom stereocenters. The van der Waals surface area contributed by atoms with Crippen molar-refractivity contribution in [1.82, 2.24) is 15.5 Å². The van der Waals surface area contributed by atoms with E-state index in [1.54, 1.807) is 0 Å². The van der Waals surface area contributed by atoms with Crippen molar-refractivity contribution in [3.63, 3.8) is 0 Å².